The van der Waals surface area contributed by atoms with E-state index < -0.39 is 11.9 Å². The Balaban J connectivity index is 2.95. The molecule has 3 nitrogen and oxygen atoms in total. The minimum atomic E-state index is -4.37. The van der Waals surface area contributed by atoms with E-state index >= 15 is 0 Å². The van der Waals surface area contributed by atoms with Crippen LogP contribution in [0.2, 0.25) is 0 Å². The number of nitrogens with one attached hydrogen (secondary N) is 1. The zero-order valence-corrected chi connectivity index (χ0v) is 11.9. The zero-order valence-electron chi connectivity index (χ0n) is 11.9. The second kappa shape index (κ2) is 6.41. The number of hydrogen-bond acceptors (Lipinski definition) is 2. The van der Waals surface area contributed by atoms with Gasteiger partial charge in [0.15, 0.2) is 0 Å². The van der Waals surface area contributed by atoms with E-state index in [1.165, 1.54) is 6.20 Å². The molecule has 0 saturated heterocycles. The Morgan fingerprint density at radius 1 is 1.32 bits per heavy atom. The maximum absolute atomic E-state index is 13.1. The minimum Gasteiger partial charge on any atom is -0.312 e. The first-order valence-electron chi connectivity index (χ1n) is 6.61. The van der Waals surface area contributed by atoms with Crippen molar-refractivity contribution in [3.05, 3.63) is 17.5 Å². The van der Waals surface area contributed by atoms with Crippen LogP contribution in [0.3, 0.4) is 0 Å². The second-order valence-electron chi connectivity index (χ2n) is 5.24. The summed E-state index contributed by atoms with van der Waals surface area (Å²) in [4.78, 5) is 0. The van der Waals surface area contributed by atoms with E-state index in [-0.39, 0.29) is 18.2 Å². The summed E-state index contributed by atoms with van der Waals surface area (Å²) in [5.74, 6) is 0.402. The molecule has 1 aromatic rings. The smallest absolute Gasteiger partial charge is 0.312 e. The third-order valence-corrected chi connectivity index (χ3v) is 3.02. The van der Waals surface area contributed by atoms with Gasteiger partial charge in [0, 0.05) is 18.2 Å². The molecular formula is C13H22F3N3. The van der Waals surface area contributed by atoms with Crippen LogP contribution in [0.1, 0.15) is 51.4 Å². The maximum Gasteiger partial charge on any atom is 0.433 e. The summed E-state index contributed by atoms with van der Waals surface area (Å²) in [6, 6.07) is -0.254. The summed E-state index contributed by atoms with van der Waals surface area (Å²) in [5.41, 5.74) is -0.411. The number of alkyl halides is 3. The van der Waals surface area contributed by atoms with Crippen LogP contribution in [0, 0.1) is 5.92 Å². The average molecular weight is 277 g/mol. The minimum absolute atomic E-state index is 0.198. The highest BCUT2D eigenvalue weighted by Gasteiger charge is 2.38. The van der Waals surface area contributed by atoms with Crippen LogP contribution >= 0.6 is 0 Å². The van der Waals surface area contributed by atoms with Crippen molar-refractivity contribution in [3.63, 3.8) is 0 Å². The number of halogens is 3. The van der Waals surface area contributed by atoms with Gasteiger partial charge in [-0.15, -0.1) is 0 Å². The van der Waals surface area contributed by atoms with Crippen molar-refractivity contribution in [1.82, 2.24) is 15.1 Å². The topological polar surface area (TPSA) is 29.9 Å². The van der Waals surface area contributed by atoms with Gasteiger partial charge in [0.25, 0.3) is 0 Å². The molecule has 19 heavy (non-hydrogen) atoms. The predicted molar refractivity (Wildman–Crippen MR) is 68.8 cm³/mol. The molecule has 1 atom stereocenters. The number of aromatic nitrogens is 2. The Hall–Kier alpha value is -1.04. The van der Waals surface area contributed by atoms with Crippen molar-refractivity contribution in [2.45, 2.75) is 52.9 Å². The highest BCUT2D eigenvalue weighted by atomic mass is 19.4. The van der Waals surface area contributed by atoms with E-state index in [0.29, 0.717) is 18.9 Å². The molecule has 0 aromatic carbocycles. The highest BCUT2D eigenvalue weighted by molar-refractivity contribution is 5.21. The Labute approximate surface area is 112 Å². The molecule has 0 radical (unpaired) electrons. The Morgan fingerprint density at radius 3 is 2.42 bits per heavy atom. The predicted octanol–water partition coefficient (Wildman–Crippen LogP) is 3.62. The van der Waals surface area contributed by atoms with Crippen LogP contribution in [0.25, 0.3) is 0 Å². The summed E-state index contributed by atoms with van der Waals surface area (Å²) >= 11 is 0. The lowest BCUT2D eigenvalue weighted by molar-refractivity contribution is -0.145. The molecule has 0 spiro atoms. The molecule has 0 saturated carbocycles. The lowest BCUT2D eigenvalue weighted by Gasteiger charge is -2.17. The fourth-order valence-corrected chi connectivity index (χ4v) is 1.84. The molecule has 1 N–H and O–H groups in total. The van der Waals surface area contributed by atoms with E-state index in [9.17, 15) is 13.2 Å². The normalized spacial score (nSPS) is 14.1. The third kappa shape index (κ3) is 4.23. The molecule has 6 heteroatoms. The van der Waals surface area contributed by atoms with Crippen molar-refractivity contribution in [1.29, 1.82) is 0 Å². The van der Waals surface area contributed by atoms with Crippen molar-refractivity contribution in [2.75, 3.05) is 6.54 Å². The SMILES string of the molecule is CCC(C)n1ncc(CNCC(C)C)c1C(F)(F)F. The van der Waals surface area contributed by atoms with Gasteiger partial charge >= 0.3 is 6.18 Å². The number of hydrogen-bond donors (Lipinski definition) is 1. The summed E-state index contributed by atoms with van der Waals surface area (Å²) in [6.07, 6.45) is -2.43. The first kappa shape index (κ1) is 16.0. The molecule has 1 unspecified atom stereocenters. The van der Waals surface area contributed by atoms with Gasteiger partial charge in [-0.2, -0.15) is 18.3 Å². The summed E-state index contributed by atoms with van der Waals surface area (Å²) in [6.45, 7) is 8.51. The largest absolute Gasteiger partial charge is 0.433 e. The van der Waals surface area contributed by atoms with Crippen LogP contribution in [-0.4, -0.2) is 16.3 Å². The first-order chi connectivity index (χ1) is 8.77. The van der Waals surface area contributed by atoms with E-state index in [1.807, 2.05) is 20.8 Å². The van der Waals surface area contributed by atoms with Crippen molar-refractivity contribution < 1.29 is 13.2 Å². The van der Waals surface area contributed by atoms with Gasteiger partial charge in [0.1, 0.15) is 5.69 Å². The molecule has 0 amide bonds. The molecule has 0 bridgehead atoms. The molecular weight excluding hydrogens is 255 g/mol. The third-order valence-electron chi connectivity index (χ3n) is 3.02. The molecule has 110 valence electrons. The van der Waals surface area contributed by atoms with E-state index in [0.717, 1.165) is 4.68 Å². The van der Waals surface area contributed by atoms with Gasteiger partial charge in [-0.1, -0.05) is 20.8 Å². The highest BCUT2D eigenvalue weighted by Crippen LogP contribution is 2.34. The van der Waals surface area contributed by atoms with Crippen molar-refractivity contribution in [3.8, 4) is 0 Å². The van der Waals surface area contributed by atoms with Crippen LogP contribution in [0.15, 0.2) is 6.20 Å². The fourth-order valence-electron chi connectivity index (χ4n) is 1.84. The molecule has 1 heterocycles. The van der Waals surface area contributed by atoms with Gasteiger partial charge in [0.05, 0.1) is 6.20 Å². The van der Waals surface area contributed by atoms with Gasteiger partial charge in [-0.3, -0.25) is 4.68 Å². The molecule has 0 aliphatic heterocycles. The van der Waals surface area contributed by atoms with Crippen molar-refractivity contribution in [2.24, 2.45) is 5.92 Å². The quantitative estimate of drug-likeness (QED) is 0.860. The molecule has 0 aliphatic carbocycles. The zero-order chi connectivity index (χ0) is 14.6. The number of rotatable bonds is 6. The van der Waals surface area contributed by atoms with Gasteiger partial charge < -0.3 is 5.32 Å². The van der Waals surface area contributed by atoms with Crippen LogP contribution < -0.4 is 5.32 Å². The summed E-state index contributed by atoms with van der Waals surface area (Å²) < 4.78 is 40.5. The van der Waals surface area contributed by atoms with Crippen molar-refractivity contribution >= 4 is 0 Å². The summed E-state index contributed by atoms with van der Waals surface area (Å²) in [5, 5.41) is 6.94. The Bertz CT molecular complexity index is 396. The first-order valence-corrected chi connectivity index (χ1v) is 6.61. The monoisotopic (exact) mass is 277 g/mol. The maximum atomic E-state index is 13.1. The van der Waals surface area contributed by atoms with Gasteiger partial charge in [-0.25, -0.2) is 0 Å². The molecule has 0 fully saturated rings. The average Bonchev–Trinajstić information content (AvgIpc) is 2.71. The van der Waals surface area contributed by atoms with Crippen LogP contribution in [0.5, 0.6) is 0 Å². The van der Waals surface area contributed by atoms with Gasteiger partial charge in [0.2, 0.25) is 0 Å². The van der Waals surface area contributed by atoms with E-state index in [1.54, 1.807) is 6.92 Å². The molecule has 1 aromatic heterocycles. The number of nitrogens with zero attached hydrogens (tertiary/aromatic N) is 2. The standard InChI is InChI=1S/C13H22F3N3/c1-5-10(4)19-12(13(14,15)16)11(8-18-19)7-17-6-9(2)3/h8-10,17H,5-7H2,1-4H3. The second-order valence-corrected chi connectivity index (χ2v) is 5.24. The molecule has 1 rings (SSSR count). The van der Waals surface area contributed by atoms with Crippen LogP contribution in [-0.2, 0) is 12.7 Å². The fraction of sp³-hybridized carbons (Fsp3) is 0.769. The van der Waals surface area contributed by atoms with Gasteiger partial charge in [-0.05, 0) is 25.8 Å². The lowest BCUT2D eigenvalue weighted by Crippen LogP contribution is -2.23. The van der Waals surface area contributed by atoms with Crippen LogP contribution in [0.4, 0.5) is 13.2 Å². The Morgan fingerprint density at radius 2 is 1.95 bits per heavy atom. The molecule has 0 aliphatic rings. The summed E-state index contributed by atoms with van der Waals surface area (Å²) in [7, 11) is 0. The van der Waals surface area contributed by atoms with E-state index in [2.05, 4.69) is 10.4 Å². The van der Waals surface area contributed by atoms with E-state index in [4.69, 9.17) is 0 Å². The Kier molecular flexibility index (Phi) is 5.40. The lowest BCUT2D eigenvalue weighted by atomic mass is 10.2.